The maximum absolute atomic E-state index is 13.0. The summed E-state index contributed by atoms with van der Waals surface area (Å²) in [5.74, 6) is 0.292. The maximum atomic E-state index is 13.0. The van der Waals surface area contributed by atoms with Crippen LogP contribution in [0.1, 0.15) is 5.82 Å². The molecule has 0 atom stereocenters. The van der Waals surface area contributed by atoms with Gasteiger partial charge in [-0.25, -0.2) is 13.9 Å². The molecule has 0 aliphatic rings. The molecule has 0 saturated carbocycles. The third kappa shape index (κ3) is 1.01. The highest BCUT2D eigenvalue weighted by Gasteiger charge is 2.07. The van der Waals surface area contributed by atoms with E-state index in [1.807, 2.05) is 0 Å². The molecule has 0 unspecified atom stereocenters. The van der Waals surface area contributed by atoms with E-state index in [2.05, 4.69) is 26.0 Å². The lowest BCUT2D eigenvalue weighted by Gasteiger charge is -1.95. The SMILES string of the molecule is Cc1ncc2c(F)cc(Br)n2n1. The second kappa shape index (κ2) is 2.52. The fourth-order valence-corrected chi connectivity index (χ4v) is 1.47. The van der Waals surface area contributed by atoms with Crippen LogP contribution in [0.3, 0.4) is 0 Å². The Hall–Kier alpha value is -0.970. The first-order valence-corrected chi connectivity index (χ1v) is 4.14. The zero-order chi connectivity index (χ0) is 8.72. The highest BCUT2D eigenvalue weighted by Crippen LogP contribution is 2.17. The van der Waals surface area contributed by atoms with E-state index < -0.39 is 0 Å². The Labute approximate surface area is 76.4 Å². The summed E-state index contributed by atoms with van der Waals surface area (Å²) in [6, 6.07) is 1.36. The predicted octanol–water partition coefficient (Wildman–Crippen LogP) is 1.94. The van der Waals surface area contributed by atoms with E-state index in [0.29, 0.717) is 15.9 Å². The first-order chi connectivity index (χ1) is 5.68. The van der Waals surface area contributed by atoms with Gasteiger partial charge in [0.05, 0.1) is 6.20 Å². The van der Waals surface area contributed by atoms with Crippen molar-refractivity contribution in [2.75, 3.05) is 0 Å². The molecule has 0 aliphatic carbocycles. The molecule has 5 heteroatoms. The zero-order valence-corrected chi connectivity index (χ0v) is 7.84. The molecule has 62 valence electrons. The van der Waals surface area contributed by atoms with Crippen molar-refractivity contribution in [3.05, 3.63) is 28.5 Å². The van der Waals surface area contributed by atoms with Crippen molar-refractivity contribution in [3.63, 3.8) is 0 Å². The number of hydrogen-bond donors (Lipinski definition) is 0. The molecule has 0 radical (unpaired) electrons. The van der Waals surface area contributed by atoms with Gasteiger partial charge in [0, 0.05) is 6.07 Å². The van der Waals surface area contributed by atoms with E-state index in [1.54, 1.807) is 6.92 Å². The molecule has 0 spiro atoms. The predicted molar refractivity (Wildman–Crippen MR) is 45.4 cm³/mol. The molecule has 12 heavy (non-hydrogen) atoms. The van der Waals surface area contributed by atoms with Crippen LogP contribution in [0.15, 0.2) is 16.9 Å². The Morgan fingerprint density at radius 2 is 2.33 bits per heavy atom. The second-order valence-corrected chi connectivity index (χ2v) is 3.23. The molecular weight excluding hydrogens is 225 g/mol. The van der Waals surface area contributed by atoms with Crippen molar-refractivity contribution in [2.45, 2.75) is 6.92 Å². The third-order valence-corrected chi connectivity index (χ3v) is 2.10. The summed E-state index contributed by atoms with van der Waals surface area (Å²) in [7, 11) is 0. The fraction of sp³-hybridized carbons (Fsp3) is 0.143. The van der Waals surface area contributed by atoms with E-state index in [-0.39, 0.29) is 5.82 Å². The molecule has 0 saturated heterocycles. The van der Waals surface area contributed by atoms with Gasteiger partial charge in [-0.2, -0.15) is 5.10 Å². The van der Waals surface area contributed by atoms with Crippen molar-refractivity contribution < 1.29 is 4.39 Å². The van der Waals surface area contributed by atoms with Gasteiger partial charge in [-0.3, -0.25) is 0 Å². The van der Waals surface area contributed by atoms with Crippen molar-refractivity contribution in [1.82, 2.24) is 14.6 Å². The normalized spacial score (nSPS) is 10.9. The van der Waals surface area contributed by atoms with Crippen LogP contribution in [0.4, 0.5) is 4.39 Å². The maximum Gasteiger partial charge on any atom is 0.153 e. The summed E-state index contributed by atoms with van der Waals surface area (Å²) < 4.78 is 15.1. The van der Waals surface area contributed by atoms with Crippen LogP contribution in [0.25, 0.3) is 5.52 Å². The minimum atomic E-state index is -0.318. The average Bonchev–Trinajstić information content (AvgIpc) is 2.28. The largest absolute Gasteiger partial charge is 0.237 e. The first kappa shape index (κ1) is 7.67. The molecule has 0 aromatic carbocycles. The van der Waals surface area contributed by atoms with Crippen molar-refractivity contribution in [3.8, 4) is 0 Å². The number of halogens is 2. The molecule has 2 heterocycles. The van der Waals surface area contributed by atoms with Crippen molar-refractivity contribution in [2.24, 2.45) is 0 Å². The summed E-state index contributed by atoms with van der Waals surface area (Å²) in [6.45, 7) is 1.75. The second-order valence-electron chi connectivity index (χ2n) is 2.42. The van der Waals surface area contributed by atoms with Crippen LogP contribution in [0.5, 0.6) is 0 Å². The quantitative estimate of drug-likeness (QED) is 0.692. The van der Waals surface area contributed by atoms with Gasteiger partial charge in [0.15, 0.2) is 5.82 Å². The Balaban J connectivity index is 2.90. The van der Waals surface area contributed by atoms with Crippen molar-refractivity contribution >= 4 is 21.4 Å². The van der Waals surface area contributed by atoms with Crippen LogP contribution >= 0.6 is 15.9 Å². The lowest BCUT2D eigenvalue weighted by atomic mass is 10.5. The lowest BCUT2D eigenvalue weighted by Crippen LogP contribution is -1.96. The number of aromatic nitrogens is 3. The smallest absolute Gasteiger partial charge is 0.153 e. The molecule has 0 amide bonds. The van der Waals surface area contributed by atoms with E-state index in [4.69, 9.17) is 0 Å². The molecule has 0 N–H and O–H groups in total. The summed E-state index contributed by atoms with van der Waals surface area (Å²) >= 11 is 3.18. The van der Waals surface area contributed by atoms with Gasteiger partial charge in [-0.1, -0.05) is 0 Å². The van der Waals surface area contributed by atoms with Gasteiger partial charge in [-0.15, -0.1) is 0 Å². The van der Waals surface area contributed by atoms with Crippen LogP contribution in [-0.2, 0) is 0 Å². The van der Waals surface area contributed by atoms with E-state index >= 15 is 0 Å². The minimum absolute atomic E-state index is 0.318. The number of aryl methyl sites for hydroxylation is 1. The zero-order valence-electron chi connectivity index (χ0n) is 6.25. The number of rotatable bonds is 0. The van der Waals surface area contributed by atoms with Crippen molar-refractivity contribution in [1.29, 1.82) is 0 Å². The van der Waals surface area contributed by atoms with Gasteiger partial charge in [0.2, 0.25) is 0 Å². The van der Waals surface area contributed by atoms with E-state index in [0.717, 1.165) is 0 Å². The Morgan fingerprint density at radius 3 is 3.08 bits per heavy atom. The molecule has 2 aromatic heterocycles. The molecule has 2 rings (SSSR count). The molecule has 0 fully saturated rings. The van der Waals surface area contributed by atoms with Crippen LogP contribution in [-0.4, -0.2) is 14.6 Å². The fourth-order valence-electron chi connectivity index (χ4n) is 0.999. The van der Waals surface area contributed by atoms with Gasteiger partial charge in [-0.05, 0) is 22.9 Å². The van der Waals surface area contributed by atoms with Crippen LogP contribution in [0.2, 0.25) is 0 Å². The third-order valence-electron chi connectivity index (χ3n) is 1.54. The summed E-state index contributed by atoms with van der Waals surface area (Å²) in [5, 5.41) is 4.01. The number of hydrogen-bond acceptors (Lipinski definition) is 2. The van der Waals surface area contributed by atoms with Gasteiger partial charge in [0.25, 0.3) is 0 Å². The average molecular weight is 230 g/mol. The number of fused-ring (bicyclic) bond motifs is 1. The number of nitrogens with zero attached hydrogens (tertiary/aromatic N) is 3. The Morgan fingerprint density at radius 1 is 1.58 bits per heavy atom. The minimum Gasteiger partial charge on any atom is -0.237 e. The van der Waals surface area contributed by atoms with Gasteiger partial charge >= 0.3 is 0 Å². The molecular formula is C7H5BrFN3. The van der Waals surface area contributed by atoms with Gasteiger partial charge in [0.1, 0.15) is 15.9 Å². The van der Waals surface area contributed by atoms with Crippen LogP contribution < -0.4 is 0 Å². The summed E-state index contributed by atoms with van der Waals surface area (Å²) in [5.41, 5.74) is 0.382. The summed E-state index contributed by atoms with van der Waals surface area (Å²) in [6.07, 6.45) is 1.46. The molecule has 2 aromatic rings. The summed E-state index contributed by atoms with van der Waals surface area (Å²) in [4.78, 5) is 3.89. The Kier molecular flexibility index (Phi) is 1.61. The first-order valence-electron chi connectivity index (χ1n) is 3.35. The molecule has 0 aliphatic heterocycles. The monoisotopic (exact) mass is 229 g/mol. The van der Waals surface area contributed by atoms with E-state index in [9.17, 15) is 4.39 Å². The molecule has 0 bridgehead atoms. The molecule has 3 nitrogen and oxygen atoms in total. The highest BCUT2D eigenvalue weighted by molar-refractivity contribution is 9.10. The highest BCUT2D eigenvalue weighted by atomic mass is 79.9. The van der Waals surface area contributed by atoms with Gasteiger partial charge < -0.3 is 0 Å². The topological polar surface area (TPSA) is 30.2 Å². The standard InChI is InChI=1S/C7H5BrFN3/c1-4-10-3-6-5(9)2-7(8)12(6)11-4/h2-3H,1H3. The Bertz CT molecular complexity index is 437. The lowest BCUT2D eigenvalue weighted by molar-refractivity contribution is 0.637. The van der Waals surface area contributed by atoms with E-state index in [1.165, 1.54) is 16.8 Å². The van der Waals surface area contributed by atoms with Crippen LogP contribution in [0, 0.1) is 12.7 Å².